The number of carbonyl (C=O) groups excluding carboxylic acids is 1. The number of carbonyl (C=O) groups is 1. The highest BCUT2D eigenvalue weighted by molar-refractivity contribution is 6.06. The Labute approximate surface area is 198 Å². The van der Waals surface area contributed by atoms with Crippen LogP contribution in [0.5, 0.6) is 5.75 Å². The van der Waals surface area contributed by atoms with Crippen molar-refractivity contribution in [2.45, 2.75) is 58.0 Å². The van der Waals surface area contributed by atoms with Crippen LogP contribution < -0.4 is 10.1 Å². The Bertz CT molecular complexity index is 1170. The second kappa shape index (κ2) is 9.70. The Morgan fingerprint density at radius 1 is 1.29 bits per heavy atom. The Kier molecular flexibility index (Phi) is 6.89. The maximum atomic E-state index is 13.2. The number of aromatic nitrogens is 2. The molecule has 0 bridgehead atoms. The molecule has 2 atom stereocenters. The topological polar surface area (TPSA) is 64.9 Å². The number of pyridine rings is 1. The van der Waals surface area contributed by atoms with Crippen molar-refractivity contribution in [1.29, 1.82) is 0 Å². The zero-order chi connectivity index (χ0) is 24.5. The summed E-state index contributed by atoms with van der Waals surface area (Å²) in [5.74, 6) is 0.535. The van der Waals surface area contributed by atoms with E-state index in [1.54, 1.807) is 25.4 Å². The Morgan fingerprint density at radius 2 is 2.09 bits per heavy atom. The first kappa shape index (κ1) is 24.1. The second-order valence-electron chi connectivity index (χ2n) is 9.55. The van der Waals surface area contributed by atoms with E-state index in [1.165, 1.54) is 18.2 Å². The number of nitrogens with zero attached hydrogens (tertiary/aromatic N) is 2. The maximum Gasteiger partial charge on any atom is 0.263 e. The lowest BCUT2D eigenvalue weighted by molar-refractivity contribution is 0.102. The van der Waals surface area contributed by atoms with Crippen LogP contribution in [0.3, 0.4) is 0 Å². The van der Waals surface area contributed by atoms with Gasteiger partial charge < -0.3 is 19.2 Å². The van der Waals surface area contributed by atoms with Gasteiger partial charge >= 0.3 is 0 Å². The molecule has 6 nitrogen and oxygen atoms in total. The molecule has 0 spiro atoms. The first-order valence-corrected chi connectivity index (χ1v) is 11.6. The molecule has 0 saturated heterocycles. The largest absolute Gasteiger partial charge is 0.490 e. The number of benzene rings is 1. The van der Waals surface area contributed by atoms with Crippen LogP contribution in [0.1, 0.15) is 68.1 Å². The molecule has 1 aliphatic rings. The van der Waals surface area contributed by atoms with E-state index in [9.17, 15) is 13.6 Å². The van der Waals surface area contributed by atoms with Crippen LogP contribution in [0, 0.1) is 5.92 Å². The van der Waals surface area contributed by atoms with Gasteiger partial charge in [-0.05, 0) is 51.2 Å². The Balaban J connectivity index is 1.72. The molecule has 1 N–H and O–H groups in total. The number of methoxy groups -OCH3 is 1. The highest BCUT2D eigenvalue weighted by atomic mass is 19.3. The van der Waals surface area contributed by atoms with Crippen molar-refractivity contribution in [3.63, 3.8) is 0 Å². The third kappa shape index (κ3) is 4.92. The number of halogens is 2. The summed E-state index contributed by atoms with van der Waals surface area (Å²) in [5, 5.41) is 2.72. The van der Waals surface area contributed by atoms with Crippen molar-refractivity contribution in [3.05, 3.63) is 59.5 Å². The van der Waals surface area contributed by atoms with Crippen LogP contribution in [0.2, 0.25) is 0 Å². The number of imidazole rings is 1. The fraction of sp³-hybridized carbons (Fsp3) is 0.462. The molecule has 1 saturated carbocycles. The zero-order valence-corrected chi connectivity index (χ0v) is 20.0. The molecular weight excluding hydrogens is 440 g/mol. The lowest BCUT2D eigenvalue weighted by atomic mass is 9.83. The van der Waals surface area contributed by atoms with E-state index < -0.39 is 12.3 Å². The molecule has 0 aliphatic heterocycles. The van der Waals surface area contributed by atoms with Crippen LogP contribution in [-0.2, 0) is 10.2 Å². The molecule has 1 aromatic carbocycles. The Morgan fingerprint density at radius 3 is 2.74 bits per heavy atom. The predicted molar refractivity (Wildman–Crippen MR) is 127 cm³/mol. The summed E-state index contributed by atoms with van der Waals surface area (Å²) in [6, 6.07) is 7.43. The van der Waals surface area contributed by atoms with Gasteiger partial charge in [-0.3, -0.25) is 4.79 Å². The monoisotopic (exact) mass is 471 g/mol. The molecule has 182 valence electrons. The number of nitrogens with one attached hydrogen (secondary N) is 1. The average Bonchev–Trinajstić information content (AvgIpc) is 3.37. The first-order valence-electron chi connectivity index (χ1n) is 11.6. The molecule has 2 heterocycles. The van der Waals surface area contributed by atoms with Gasteiger partial charge in [0.2, 0.25) is 0 Å². The summed E-state index contributed by atoms with van der Waals surface area (Å²) in [7, 11) is 1.71. The number of alkyl halides is 2. The van der Waals surface area contributed by atoms with Crippen molar-refractivity contribution in [2.75, 3.05) is 19.0 Å². The van der Waals surface area contributed by atoms with Crippen LogP contribution in [-0.4, -0.2) is 35.1 Å². The second-order valence-corrected chi connectivity index (χ2v) is 9.55. The number of ether oxygens (including phenoxy) is 2. The number of hydrogen-bond acceptors (Lipinski definition) is 4. The first-order chi connectivity index (χ1) is 16.2. The number of fused-ring (bicyclic) bond motifs is 1. The minimum Gasteiger partial charge on any atom is -0.490 e. The third-order valence-corrected chi connectivity index (χ3v) is 6.38. The molecule has 1 aliphatic carbocycles. The summed E-state index contributed by atoms with van der Waals surface area (Å²) in [6.45, 7) is 6.59. The van der Waals surface area contributed by atoms with Crippen molar-refractivity contribution in [1.82, 2.24) is 9.38 Å². The molecule has 34 heavy (non-hydrogen) atoms. The standard InChI is InChI=1S/C26H31F2N3O3/c1-16(2)34-21-11-23-30-22(26(15-33-4)9-8-17(3)12-26)14-31(23)13-20(21)25(32)29-19-7-5-6-18(10-19)24(27)28/h5-7,10-11,13-14,16-17,24H,8-9,12,15H2,1-4H3,(H,29,32). The van der Waals surface area contributed by atoms with E-state index in [1.807, 2.05) is 24.4 Å². The Hall–Kier alpha value is -3.00. The lowest BCUT2D eigenvalue weighted by Crippen LogP contribution is -2.29. The van der Waals surface area contributed by atoms with Gasteiger partial charge in [-0.1, -0.05) is 19.1 Å². The highest BCUT2D eigenvalue weighted by Crippen LogP contribution is 2.44. The predicted octanol–water partition coefficient (Wildman–Crippen LogP) is 6.02. The summed E-state index contributed by atoms with van der Waals surface area (Å²) >= 11 is 0. The molecule has 3 aromatic rings. The summed E-state index contributed by atoms with van der Waals surface area (Å²) < 4.78 is 39.5. The molecule has 2 aromatic heterocycles. The minimum absolute atomic E-state index is 0.152. The zero-order valence-electron chi connectivity index (χ0n) is 20.0. The van der Waals surface area contributed by atoms with Gasteiger partial charge in [0.15, 0.2) is 0 Å². The van der Waals surface area contributed by atoms with Crippen LogP contribution in [0.15, 0.2) is 42.7 Å². The third-order valence-electron chi connectivity index (χ3n) is 6.38. The normalized spacial score (nSPS) is 20.4. The van der Waals surface area contributed by atoms with Crippen LogP contribution in [0.4, 0.5) is 14.5 Å². The van der Waals surface area contributed by atoms with Gasteiger partial charge in [0.05, 0.1) is 24.0 Å². The SMILES string of the molecule is COCC1(c2cn3cc(C(=O)Nc4cccc(C(F)F)c4)c(OC(C)C)cc3n2)CCC(C)C1. The number of anilines is 1. The van der Waals surface area contributed by atoms with Crippen molar-refractivity contribution < 1.29 is 23.0 Å². The number of rotatable bonds is 8. The van der Waals surface area contributed by atoms with Gasteiger partial charge in [0, 0.05) is 42.2 Å². The molecule has 8 heteroatoms. The summed E-state index contributed by atoms with van der Waals surface area (Å²) in [5.41, 5.74) is 1.91. The number of hydrogen-bond donors (Lipinski definition) is 1. The number of amides is 1. The van der Waals surface area contributed by atoms with E-state index in [4.69, 9.17) is 14.5 Å². The van der Waals surface area contributed by atoms with Crippen molar-refractivity contribution in [3.8, 4) is 5.75 Å². The van der Waals surface area contributed by atoms with E-state index in [0.29, 0.717) is 35.2 Å². The quantitative estimate of drug-likeness (QED) is 0.437. The van der Waals surface area contributed by atoms with Gasteiger partial charge in [-0.25, -0.2) is 13.8 Å². The fourth-order valence-corrected chi connectivity index (χ4v) is 4.85. The van der Waals surface area contributed by atoms with Crippen molar-refractivity contribution in [2.24, 2.45) is 5.92 Å². The molecule has 2 unspecified atom stereocenters. The smallest absolute Gasteiger partial charge is 0.263 e. The van der Waals surface area contributed by atoms with Gasteiger partial charge in [-0.2, -0.15) is 0 Å². The summed E-state index contributed by atoms with van der Waals surface area (Å²) in [4.78, 5) is 18.1. The average molecular weight is 472 g/mol. The lowest BCUT2D eigenvalue weighted by Gasteiger charge is -2.26. The van der Waals surface area contributed by atoms with Gasteiger partial charge in [0.1, 0.15) is 11.4 Å². The maximum absolute atomic E-state index is 13.2. The molecular formula is C26H31F2N3O3. The minimum atomic E-state index is -2.62. The van der Waals surface area contributed by atoms with Crippen LogP contribution >= 0.6 is 0 Å². The molecule has 0 radical (unpaired) electrons. The van der Waals surface area contributed by atoms with E-state index in [2.05, 4.69) is 12.2 Å². The fourth-order valence-electron chi connectivity index (χ4n) is 4.85. The van der Waals surface area contributed by atoms with Crippen molar-refractivity contribution >= 4 is 17.2 Å². The van der Waals surface area contributed by atoms with Gasteiger partial charge in [0.25, 0.3) is 12.3 Å². The van der Waals surface area contributed by atoms with Crippen LogP contribution in [0.25, 0.3) is 5.65 Å². The van der Waals surface area contributed by atoms with E-state index >= 15 is 0 Å². The molecule has 1 fully saturated rings. The van der Waals surface area contributed by atoms with E-state index in [-0.39, 0.29) is 17.1 Å². The molecule has 4 rings (SSSR count). The molecule has 1 amide bonds. The summed E-state index contributed by atoms with van der Waals surface area (Å²) in [6.07, 6.45) is 3.97. The highest BCUT2D eigenvalue weighted by Gasteiger charge is 2.41. The van der Waals surface area contributed by atoms with E-state index in [0.717, 1.165) is 25.0 Å². The van der Waals surface area contributed by atoms with Gasteiger partial charge in [-0.15, -0.1) is 0 Å².